The van der Waals surface area contributed by atoms with E-state index in [0.717, 1.165) is 4.68 Å². The minimum atomic E-state index is -0.356. The molecule has 1 rings (SSSR count). The van der Waals surface area contributed by atoms with Crippen molar-refractivity contribution in [3.05, 3.63) is 17.7 Å². The molecule has 0 amide bonds. The average Bonchev–Trinajstić information content (AvgIpc) is 2.13. The fraction of sp³-hybridized carbons (Fsp3) is 0.400. The van der Waals surface area contributed by atoms with Crippen LogP contribution in [0.4, 0.5) is 4.39 Å². The zero-order valence-electron chi connectivity index (χ0n) is 4.93. The molecule has 0 aromatic carbocycles. The lowest BCUT2D eigenvalue weighted by atomic mass is 10.5. The molecular weight excluding hydrogens is 143 g/mol. The van der Waals surface area contributed by atoms with Gasteiger partial charge >= 0.3 is 0 Å². The third-order valence-corrected chi connectivity index (χ3v) is 1.28. The van der Waals surface area contributed by atoms with Crippen LogP contribution in [-0.4, -0.2) is 9.78 Å². The van der Waals surface area contributed by atoms with Crippen LogP contribution in [0.5, 0.6) is 0 Å². The Labute approximate surface area is 57.2 Å². The second kappa shape index (κ2) is 2.35. The monoisotopic (exact) mass is 148 g/mol. The van der Waals surface area contributed by atoms with Gasteiger partial charge in [-0.25, -0.2) is 4.68 Å². The van der Waals surface area contributed by atoms with E-state index in [2.05, 4.69) is 5.10 Å². The molecule has 1 heterocycles. The molecule has 0 aliphatic heterocycles. The number of rotatable bonds is 1. The summed E-state index contributed by atoms with van der Waals surface area (Å²) in [6.45, 7) is 0. The Morgan fingerprint density at radius 1 is 1.89 bits per heavy atom. The van der Waals surface area contributed by atoms with E-state index in [1.54, 1.807) is 0 Å². The molecule has 1 aromatic heterocycles. The van der Waals surface area contributed by atoms with Gasteiger partial charge in [0, 0.05) is 13.1 Å². The predicted octanol–water partition coefficient (Wildman–Crippen LogP) is 1.30. The maximum Gasteiger partial charge on any atom is 0.211 e. The van der Waals surface area contributed by atoms with Gasteiger partial charge in [0.25, 0.3) is 0 Å². The van der Waals surface area contributed by atoms with Crippen LogP contribution in [0.3, 0.4) is 0 Å². The maximum atomic E-state index is 12.4. The molecule has 0 aliphatic carbocycles. The molecule has 0 N–H and O–H groups in total. The highest BCUT2D eigenvalue weighted by Gasteiger charge is 2.00. The summed E-state index contributed by atoms with van der Waals surface area (Å²) in [4.78, 5) is 0. The fourth-order valence-electron chi connectivity index (χ4n) is 0.566. The van der Waals surface area contributed by atoms with Crippen LogP contribution in [0.2, 0.25) is 0 Å². The molecule has 1 aromatic rings. The van der Waals surface area contributed by atoms with Gasteiger partial charge in [-0.2, -0.15) is 9.49 Å². The summed E-state index contributed by atoms with van der Waals surface area (Å²) < 4.78 is 13.5. The second-order valence-corrected chi connectivity index (χ2v) is 1.98. The molecular formula is C5H6ClFN2. The van der Waals surface area contributed by atoms with Gasteiger partial charge < -0.3 is 0 Å². The van der Waals surface area contributed by atoms with E-state index >= 15 is 0 Å². The molecule has 0 atom stereocenters. The van der Waals surface area contributed by atoms with Gasteiger partial charge in [0.05, 0.1) is 11.6 Å². The number of hydrogen-bond donors (Lipinski definition) is 0. The number of nitrogens with zero attached hydrogens (tertiary/aromatic N) is 2. The first kappa shape index (κ1) is 6.55. The predicted molar refractivity (Wildman–Crippen MR) is 32.7 cm³/mol. The van der Waals surface area contributed by atoms with Gasteiger partial charge in [-0.3, -0.25) is 0 Å². The van der Waals surface area contributed by atoms with Gasteiger partial charge in [-0.15, -0.1) is 11.6 Å². The van der Waals surface area contributed by atoms with Crippen molar-refractivity contribution < 1.29 is 4.39 Å². The van der Waals surface area contributed by atoms with Crippen LogP contribution in [-0.2, 0) is 12.9 Å². The molecule has 0 bridgehead atoms. The van der Waals surface area contributed by atoms with Crippen LogP contribution in [0, 0.1) is 5.95 Å². The van der Waals surface area contributed by atoms with E-state index in [-0.39, 0.29) is 11.8 Å². The summed E-state index contributed by atoms with van der Waals surface area (Å²) in [5.74, 6) is -0.0942. The van der Waals surface area contributed by atoms with E-state index in [1.807, 2.05) is 0 Å². The topological polar surface area (TPSA) is 17.8 Å². The van der Waals surface area contributed by atoms with Crippen molar-refractivity contribution in [2.45, 2.75) is 5.88 Å². The van der Waals surface area contributed by atoms with E-state index in [9.17, 15) is 4.39 Å². The van der Waals surface area contributed by atoms with Crippen LogP contribution in [0.1, 0.15) is 5.69 Å². The van der Waals surface area contributed by atoms with Crippen molar-refractivity contribution in [3.63, 3.8) is 0 Å². The molecule has 2 nitrogen and oxygen atoms in total. The van der Waals surface area contributed by atoms with Gasteiger partial charge in [0.15, 0.2) is 0 Å². The summed E-state index contributed by atoms with van der Waals surface area (Å²) in [7, 11) is 1.53. The Kier molecular flexibility index (Phi) is 1.71. The number of aromatic nitrogens is 2. The van der Waals surface area contributed by atoms with Crippen LogP contribution in [0.25, 0.3) is 0 Å². The lowest BCUT2D eigenvalue weighted by Gasteiger charge is -1.84. The Morgan fingerprint density at radius 3 is 2.78 bits per heavy atom. The highest BCUT2D eigenvalue weighted by atomic mass is 35.5. The summed E-state index contributed by atoms with van der Waals surface area (Å²) in [6, 6.07) is 1.31. The fourth-order valence-corrected chi connectivity index (χ4v) is 0.696. The zero-order valence-corrected chi connectivity index (χ0v) is 5.69. The van der Waals surface area contributed by atoms with Crippen molar-refractivity contribution in [2.75, 3.05) is 0 Å². The molecule has 0 saturated carbocycles. The molecule has 0 unspecified atom stereocenters. The number of hydrogen-bond acceptors (Lipinski definition) is 1. The molecule has 0 radical (unpaired) electrons. The van der Waals surface area contributed by atoms with Gasteiger partial charge in [-0.1, -0.05) is 0 Å². The Hall–Kier alpha value is -0.570. The SMILES string of the molecule is Cn1nc(CCl)cc1F. The minimum absolute atomic E-state index is 0.262. The quantitative estimate of drug-likeness (QED) is 0.549. The molecule has 0 aliphatic rings. The smallest absolute Gasteiger partial charge is 0.211 e. The standard InChI is InChI=1S/C5H6ClFN2/c1-9-5(7)2-4(3-6)8-9/h2H,3H2,1H3. The highest BCUT2D eigenvalue weighted by molar-refractivity contribution is 6.16. The third-order valence-electron chi connectivity index (χ3n) is 1.01. The third kappa shape index (κ3) is 1.21. The second-order valence-electron chi connectivity index (χ2n) is 1.72. The summed E-state index contributed by atoms with van der Waals surface area (Å²) >= 11 is 5.37. The number of alkyl halides is 1. The first-order valence-electron chi connectivity index (χ1n) is 2.48. The molecule has 0 saturated heterocycles. The van der Waals surface area contributed by atoms with Crippen LogP contribution < -0.4 is 0 Å². The van der Waals surface area contributed by atoms with E-state index < -0.39 is 0 Å². The molecule has 0 fully saturated rings. The number of aryl methyl sites for hydroxylation is 1. The average molecular weight is 149 g/mol. The van der Waals surface area contributed by atoms with Crippen LogP contribution >= 0.6 is 11.6 Å². The van der Waals surface area contributed by atoms with Gasteiger partial charge in [0.1, 0.15) is 0 Å². The van der Waals surface area contributed by atoms with Crippen molar-refractivity contribution in [2.24, 2.45) is 7.05 Å². The molecule has 4 heteroatoms. The van der Waals surface area contributed by atoms with Gasteiger partial charge in [-0.05, 0) is 0 Å². The van der Waals surface area contributed by atoms with Crippen molar-refractivity contribution in [1.29, 1.82) is 0 Å². The van der Waals surface area contributed by atoms with E-state index in [1.165, 1.54) is 13.1 Å². The van der Waals surface area contributed by atoms with E-state index in [4.69, 9.17) is 11.6 Å². The van der Waals surface area contributed by atoms with Gasteiger partial charge in [0.2, 0.25) is 5.95 Å². The summed E-state index contributed by atoms with van der Waals surface area (Å²) in [5.41, 5.74) is 0.566. The van der Waals surface area contributed by atoms with Crippen molar-refractivity contribution in [3.8, 4) is 0 Å². The van der Waals surface area contributed by atoms with Crippen LogP contribution in [0.15, 0.2) is 6.07 Å². The lowest BCUT2D eigenvalue weighted by molar-refractivity contribution is 0.503. The largest absolute Gasteiger partial charge is 0.242 e. The van der Waals surface area contributed by atoms with Crippen molar-refractivity contribution in [1.82, 2.24) is 9.78 Å². The molecule has 50 valence electrons. The maximum absolute atomic E-state index is 12.4. The molecule has 0 spiro atoms. The number of halogens is 2. The first-order chi connectivity index (χ1) is 4.24. The van der Waals surface area contributed by atoms with Crippen molar-refractivity contribution >= 4 is 11.6 Å². The minimum Gasteiger partial charge on any atom is -0.242 e. The lowest BCUT2D eigenvalue weighted by Crippen LogP contribution is -1.93. The Bertz CT molecular complexity index is 189. The normalized spacial score (nSPS) is 10.1. The zero-order chi connectivity index (χ0) is 6.85. The Morgan fingerprint density at radius 2 is 2.56 bits per heavy atom. The first-order valence-corrected chi connectivity index (χ1v) is 3.02. The molecule has 9 heavy (non-hydrogen) atoms. The summed E-state index contributed by atoms with van der Waals surface area (Å²) in [5, 5.41) is 3.74. The highest BCUT2D eigenvalue weighted by Crippen LogP contribution is 2.02. The summed E-state index contributed by atoms with van der Waals surface area (Å²) in [6.07, 6.45) is 0. The van der Waals surface area contributed by atoms with E-state index in [0.29, 0.717) is 5.69 Å². The Balaban J connectivity index is 2.98.